The molecule has 110 valence electrons. The normalized spacial score (nSPS) is 13.1. The molecule has 4 N–H and O–H groups in total. The molecular weight excluding hydrogens is 356 g/mol. The second-order valence-electron chi connectivity index (χ2n) is 4.47. The number of halogens is 1. The molecule has 1 aliphatic rings. The van der Waals surface area contributed by atoms with Gasteiger partial charge in [0.25, 0.3) is 0 Å². The van der Waals surface area contributed by atoms with Crippen LogP contribution in [0.4, 0.5) is 5.82 Å². The van der Waals surface area contributed by atoms with Crippen molar-refractivity contribution in [1.82, 2.24) is 9.97 Å². The van der Waals surface area contributed by atoms with Crippen molar-refractivity contribution >= 4 is 33.5 Å². The van der Waals surface area contributed by atoms with Crippen LogP contribution in [0.1, 0.15) is 11.3 Å². The van der Waals surface area contributed by atoms with Crippen LogP contribution in [0, 0.1) is 0 Å². The van der Waals surface area contributed by atoms with E-state index in [4.69, 9.17) is 10.6 Å². The van der Waals surface area contributed by atoms with Gasteiger partial charge in [-0.15, -0.1) is 0 Å². The molecule has 3 rings (SSSR count). The second-order valence-corrected chi connectivity index (χ2v) is 6.31. The number of nitrogens with zero attached hydrogens (tertiary/aromatic N) is 2. The first-order chi connectivity index (χ1) is 10.1. The lowest BCUT2D eigenvalue weighted by molar-refractivity contribution is 0.372. The number of fused-ring (bicyclic) bond motifs is 1. The predicted octanol–water partition coefficient (Wildman–Crippen LogP) is 2.65. The molecule has 0 aliphatic carbocycles. The fraction of sp³-hybridized carbons (Fsp3) is 0.231. The molecule has 2 aromatic rings. The number of anilines is 1. The minimum Gasteiger partial charge on any atom is -0.503 e. The molecule has 0 bridgehead atoms. The largest absolute Gasteiger partial charge is 0.503 e. The molecule has 6 nitrogen and oxygen atoms in total. The highest BCUT2D eigenvalue weighted by molar-refractivity contribution is 9.10. The minimum absolute atomic E-state index is 0.0511. The van der Waals surface area contributed by atoms with Crippen molar-refractivity contribution in [3.05, 3.63) is 27.9 Å². The Hall–Kier alpha value is -1.51. The molecule has 0 amide bonds. The lowest BCUT2D eigenvalue weighted by Crippen LogP contribution is -2.12. The number of hydrazine groups is 1. The number of rotatable bonds is 3. The van der Waals surface area contributed by atoms with Crippen molar-refractivity contribution in [1.29, 1.82) is 0 Å². The summed E-state index contributed by atoms with van der Waals surface area (Å²) < 4.78 is 5.68. The van der Waals surface area contributed by atoms with Crippen molar-refractivity contribution in [2.45, 2.75) is 11.5 Å². The quantitative estimate of drug-likeness (QED) is 0.566. The highest BCUT2D eigenvalue weighted by atomic mass is 79.9. The molecule has 0 saturated heterocycles. The van der Waals surface area contributed by atoms with E-state index in [1.165, 1.54) is 7.11 Å². The Kier molecular flexibility index (Phi) is 3.92. The van der Waals surface area contributed by atoms with E-state index in [-0.39, 0.29) is 5.75 Å². The molecule has 0 fully saturated rings. The van der Waals surface area contributed by atoms with Gasteiger partial charge in [-0.3, -0.25) is 0 Å². The monoisotopic (exact) mass is 368 g/mol. The number of phenols is 1. The van der Waals surface area contributed by atoms with E-state index >= 15 is 0 Å². The van der Waals surface area contributed by atoms with Gasteiger partial charge in [0.1, 0.15) is 5.82 Å². The number of benzene rings is 1. The molecular formula is C13H13BrN4O2S. The Morgan fingerprint density at radius 3 is 2.90 bits per heavy atom. The van der Waals surface area contributed by atoms with Crippen LogP contribution < -0.4 is 16.0 Å². The first kappa shape index (κ1) is 14.4. The van der Waals surface area contributed by atoms with Crippen molar-refractivity contribution in [3.8, 4) is 22.9 Å². The van der Waals surface area contributed by atoms with Crippen molar-refractivity contribution < 1.29 is 9.84 Å². The molecule has 0 spiro atoms. The van der Waals surface area contributed by atoms with Gasteiger partial charge in [-0.2, -0.15) is 11.8 Å². The van der Waals surface area contributed by atoms with Crippen LogP contribution in [0.3, 0.4) is 0 Å². The zero-order valence-corrected chi connectivity index (χ0v) is 13.6. The van der Waals surface area contributed by atoms with Gasteiger partial charge < -0.3 is 15.3 Å². The average Bonchev–Trinajstić information content (AvgIpc) is 2.97. The van der Waals surface area contributed by atoms with Crippen LogP contribution in [0.2, 0.25) is 0 Å². The molecule has 0 saturated carbocycles. The van der Waals surface area contributed by atoms with Crippen molar-refractivity contribution in [2.24, 2.45) is 5.84 Å². The number of hydrogen-bond donors (Lipinski definition) is 3. The van der Waals surface area contributed by atoms with E-state index in [0.717, 1.165) is 28.3 Å². The molecule has 1 aliphatic heterocycles. The van der Waals surface area contributed by atoms with Gasteiger partial charge in [0, 0.05) is 22.6 Å². The van der Waals surface area contributed by atoms with Crippen LogP contribution in [0.25, 0.3) is 11.4 Å². The Morgan fingerprint density at radius 1 is 1.38 bits per heavy atom. The van der Waals surface area contributed by atoms with Crippen LogP contribution in [0.15, 0.2) is 16.6 Å². The first-order valence-electron chi connectivity index (χ1n) is 6.15. The predicted molar refractivity (Wildman–Crippen MR) is 86.2 cm³/mol. The number of nitrogens with one attached hydrogen (secondary N) is 1. The third kappa shape index (κ3) is 2.54. The number of aromatic nitrogens is 2. The van der Waals surface area contributed by atoms with Crippen LogP contribution in [0.5, 0.6) is 11.5 Å². The van der Waals surface area contributed by atoms with E-state index in [0.29, 0.717) is 21.9 Å². The third-order valence-corrected chi connectivity index (χ3v) is 4.80. The molecule has 21 heavy (non-hydrogen) atoms. The van der Waals surface area contributed by atoms with Crippen LogP contribution in [-0.4, -0.2) is 22.2 Å². The van der Waals surface area contributed by atoms with Gasteiger partial charge in [-0.25, -0.2) is 15.8 Å². The molecule has 0 atom stereocenters. The maximum absolute atomic E-state index is 9.88. The molecule has 8 heteroatoms. The van der Waals surface area contributed by atoms with Gasteiger partial charge in [0.15, 0.2) is 17.3 Å². The molecule has 0 unspecified atom stereocenters. The lowest BCUT2D eigenvalue weighted by Gasteiger charge is -2.11. The highest BCUT2D eigenvalue weighted by Crippen LogP contribution is 2.39. The molecule has 1 aromatic heterocycles. The van der Waals surface area contributed by atoms with Gasteiger partial charge in [0.05, 0.1) is 17.3 Å². The number of thioether (sulfide) groups is 1. The average molecular weight is 369 g/mol. The molecule has 1 aromatic carbocycles. The maximum Gasteiger partial charge on any atom is 0.172 e. The second kappa shape index (κ2) is 5.70. The van der Waals surface area contributed by atoms with Crippen molar-refractivity contribution in [2.75, 3.05) is 12.5 Å². The number of methoxy groups -OCH3 is 1. The molecule has 2 heterocycles. The van der Waals surface area contributed by atoms with Crippen LogP contribution >= 0.6 is 27.7 Å². The topological polar surface area (TPSA) is 93.3 Å². The number of phenolic OH excluding ortho intramolecular Hbond substituents is 1. The van der Waals surface area contributed by atoms with Gasteiger partial charge in [-0.1, -0.05) is 0 Å². The smallest absolute Gasteiger partial charge is 0.172 e. The zero-order valence-electron chi connectivity index (χ0n) is 11.2. The zero-order chi connectivity index (χ0) is 15.0. The highest BCUT2D eigenvalue weighted by Gasteiger charge is 2.21. The van der Waals surface area contributed by atoms with E-state index in [2.05, 4.69) is 31.3 Å². The lowest BCUT2D eigenvalue weighted by atomic mass is 10.1. The number of nitrogen functional groups attached to an aromatic ring is 1. The number of ether oxygens (including phenoxy) is 1. The maximum atomic E-state index is 9.88. The standard InChI is InChI=1S/C13H13BrN4O2S/c1-20-10-3-6(2-8(14)11(10)19)12-16-9-5-21-4-7(9)13(17-12)18-15/h2-3,19H,4-5,15H2,1H3,(H,16,17,18). The fourth-order valence-corrected chi connectivity index (χ4v) is 3.64. The number of hydrogen-bond acceptors (Lipinski definition) is 7. The summed E-state index contributed by atoms with van der Waals surface area (Å²) in [5.41, 5.74) is 5.42. The fourth-order valence-electron chi connectivity index (χ4n) is 2.16. The Morgan fingerprint density at radius 2 is 2.19 bits per heavy atom. The van der Waals surface area contributed by atoms with Gasteiger partial charge >= 0.3 is 0 Å². The Bertz CT molecular complexity index is 711. The third-order valence-electron chi connectivity index (χ3n) is 3.22. The summed E-state index contributed by atoms with van der Waals surface area (Å²) in [6, 6.07) is 3.45. The SMILES string of the molecule is COc1cc(-c2nc3c(c(NN)n2)CSC3)cc(Br)c1O. The van der Waals surface area contributed by atoms with E-state index in [1.807, 2.05) is 0 Å². The van der Waals surface area contributed by atoms with E-state index in [9.17, 15) is 5.11 Å². The van der Waals surface area contributed by atoms with Crippen molar-refractivity contribution in [3.63, 3.8) is 0 Å². The Balaban J connectivity index is 2.15. The van der Waals surface area contributed by atoms with E-state index in [1.54, 1.807) is 23.9 Å². The van der Waals surface area contributed by atoms with Gasteiger partial charge in [-0.05, 0) is 28.1 Å². The van der Waals surface area contributed by atoms with Gasteiger partial charge in [0.2, 0.25) is 0 Å². The summed E-state index contributed by atoms with van der Waals surface area (Å²) in [5, 5.41) is 9.88. The first-order valence-corrected chi connectivity index (χ1v) is 8.09. The molecule has 0 radical (unpaired) electrons. The Labute approximate surface area is 134 Å². The summed E-state index contributed by atoms with van der Waals surface area (Å²) in [6.45, 7) is 0. The number of nitrogens with two attached hydrogens (primary N) is 1. The summed E-state index contributed by atoms with van der Waals surface area (Å²) in [7, 11) is 1.50. The van der Waals surface area contributed by atoms with E-state index < -0.39 is 0 Å². The summed E-state index contributed by atoms with van der Waals surface area (Å²) in [4.78, 5) is 9.05. The number of aromatic hydroxyl groups is 1. The summed E-state index contributed by atoms with van der Waals surface area (Å²) in [6.07, 6.45) is 0. The van der Waals surface area contributed by atoms with Crippen LogP contribution in [-0.2, 0) is 11.5 Å². The minimum atomic E-state index is 0.0511. The summed E-state index contributed by atoms with van der Waals surface area (Å²) in [5.74, 6) is 8.86. The summed E-state index contributed by atoms with van der Waals surface area (Å²) >= 11 is 5.08.